The molecule has 22 heavy (non-hydrogen) atoms. The van der Waals surface area contributed by atoms with E-state index in [1.807, 2.05) is 31.7 Å². The maximum atomic E-state index is 12.7. The lowest BCUT2D eigenvalue weighted by molar-refractivity contribution is -0.00489. The van der Waals surface area contributed by atoms with E-state index in [0.717, 1.165) is 26.1 Å². The molecule has 1 aromatic rings. The molecule has 2 heterocycles. The number of amides is 1. The Morgan fingerprint density at radius 3 is 2.59 bits per heavy atom. The van der Waals surface area contributed by atoms with Crippen LogP contribution in [0.4, 0.5) is 4.79 Å². The number of hydrogen-bond donors (Lipinski definition) is 0. The molecule has 0 radical (unpaired) electrons. The molecule has 0 aliphatic carbocycles. The number of hydrogen-bond acceptors (Lipinski definition) is 3. The fourth-order valence-electron chi connectivity index (χ4n) is 3.46. The summed E-state index contributed by atoms with van der Waals surface area (Å²) >= 11 is 0. The molecule has 2 aliphatic heterocycles. The molecule has 4 nitrogen and oxygen atoms in total. The predicted molar refractivity (Wildman–Crippen MR) is 84.5 cm³/mol. The normalized spacial score (nSPS) is 22.5. The number of carbonyl (C=O) groups excluding carboxylic acids is 1. The van der Waals surface area contributed by atoms with Crippen LogP contribution in [-0.4, -0.2) is 29.8 Å². The molecule has 1 atom stereocenters. The van der Waals surface area contributed by atoms with Crippen LogP contribution < -0.4 is 0 Å². The largest absolute Gasteiger partial charge is 0.444 e. The van der Waals surface area contributed by atoms with Crippen molar-refractivity contribution in [1.29, 1.82) is 0 Å². The van der Waals surface area contributed by atoms with Crippen LogP contribution in [0, 0.1) is 5.92 Å². The van der Waals surface area contributed by atoms with Gasteiger partial charge in [-0.3, -0.25) is 4.90 Å². The molecule has 120 valence electrons. The zero-order valence-electron chi connectivity index (χ0n) is 13.7. The molecule has 0 bridgehead atoms. The summed E-state index contributed by atoms with van der Waals surface area (Å²) in [4.78, 5) is 14.6. The summed E-state index contributed by atoms with van der Waals surface area (Å²) in [5.74, 6) is 0.449. The average Bonchev–Trinajstić information content (AvgIpc) is 2.86. The fourth-order valence-corrected chi connectivity index (χ4v) is 3.46. The Balaban J connectivity index is 1.87. The maximum absolute atomic E-state index is 12.7. The van der Waals surface area contributed by atoms with Gasteiger partial charge in [0.15, 0.2) is 0 Å². The van der Waals surface area contributed by atoms with Crippen LogP contribution in [-0.2, 0) is 16.0 Å². The first kappa shape index (κ1) is 15.3. The van der Waals surface area contributed by atoms with E-state index in [4.69, 9.17) is 9.47 Å². The predicted octanol–water partition coefficient (Wildman–Crippen LogP) is 3.91. The highest BCUT2D eigenvalue weighted by molar-refractivity contribution is 5.70. The molecular weight excluding hydrogens is 278 g/mol. The molecule has 1 aromatic carbocycles. The highest BCUT2D eigenvalue weighted by atomic mass is 16.6. The molecule has 1 saturated heterocycles. The molecule has 2 aliphatic rings. The summed E-state index contributed by atoms with van der Waals surface area (Å²) in [7, 11) is 0. The molecule has 1 unspecified atom stereocenters. The van der Waals surface area contributed by atoms with Crippen molar-refractivity contribution in [3.8, 4) is 0 Å². The van der Waals surface area contributed by atoms with Crippen molar-refractivity contribution in [1.82, 2.24) is 4.90 Å². The van der Waals surface area contributed by atoms with Gasteiger partial charge < -0.3 is 9.47 Å². The maximum Gasteiger partial charge on any atom is 0.411 e. The number of fused-ring (bicyclic) bond motifs is 1. The van der Waals surface area contributed by atoms with Crippen molar-refractivity contribution >= 4 is 6.09 Å². The van der Waals surface area contributed by atoms with Gasteiger partial charge in [0.1, 0.15) is 5.60 Å². The summed E-state index contributed by atoms with van der Waals surface area (Å²) in [5, 5.41) is 0. The first-order valence-electron chi connectivity index (χ1n) is 8.11. The van der Waals surface area contributed by atoms with E-state index in [9.17, 15) is 4.79 Å². The minimum Gasteiger partial charge on any atom is -0.444 e. The second-order valence-corrected chi connectivity index (χ2v) is 7.20. The number of benzene rings is 1. The van der Waals surface area contributed by atoms with Crippen LogP contribution in [0.25, 0.3) is 0 Å². The van der Waals surface area contributed by atoms with Crippen molar-refractivity contribution in [2.45, 2.75) is 51.8 Å². The van der Waals surface area contributed by atoms with E-state index in [1.165, 1.54) is 11.1 Å². The lowest BCUT2D eigenvalue weighted by Crippen LogP contribution is -2.39. The van der Waals surface area contributed by atoms with Crippen LogP contribution in [0.5, 0.6) is 0 Å². The molecule has 0 spiro atoms. The number of nitrogens with zero attached hydrogens (tertiary/aromatic N) is 1. The molecule has 0 aromatic heterocycles. The van der Waals surface area contributed by atoms with Gasteiger partial charge in [0, 0.05) is 19.8 Å². The quantitative estimate of drug-likeness (QED) is 0.789. The lowest BCUT2D eigenvalue weighted by atomic mass is 9.87. The zero-order chi connectivity index (χ0) is 15.7. The van der Waals surface area contributed by atoms with E-state index in [1.54, 1.807) is 0 Å². The summed E-state index contributed by atoms with van der Waals surface area (Å²) in [6, 6.07) is 8.49. The van der Waals surface area contributed by atoms with E-state index in [2.05, 4.69) is 18.2 Å². The topological polar surface area (TPSA) is 38.8 Å². The molecule has 4 heteroatoms. The van der Waals surface area contributed by atoms with Crippen molar-refractivity contribution in [2.75, 3.05) is 13.2 Å². The first-order valence-corrected chi connectivity index (χ1v) is 8.11. The van der Waals surface area contributed by atoms with Crippen LogP contribution in [0.2, 0.25) is 0 Å². The van der Waals surface area contributed by atoms with Gasteiger partial charge in [-0.15, -0.1) is 0 Å². The van der Waals surface area contributed by atoms with Gasteiger partial charge in [-0.25, -0.2) is 4.79 Å². The third kappa shape index (κ3) is 3.12. The average molecular weight is 303 g/mol. The van der Waals surface area contributed by atoms with Crippen LogP contribution in [0.15, 0.2) is 24.3 Å². The number of rotatable bonds is 1. The van der Waals surface area contributed by atoms with Crippen LogP contribution >= 0.6 is 0 Å². The highest BCUT2D eigenvalue weighted by Crippen LogP contribution is 2.42. The molecule has 1 fully saturated rings. The molecule has 1 amide bonds. The summed E-state index contributed by atoms with van der Waals surface area (Å²) < 4.78 is 11.1. The summed E-state index contributed by atoms with van der Waals surface area (Å²) in [6.07, 6.45) is 1.79. The second kappa shape index (κ2) is 5.92. The number of ether oxygens (including phenoxy) is 2. The highest BCUT2D eigenvalue weighted by Gasteiger charge is 2.40. The third-order valence-corrected chi connectivity index (χ3v) is 4.39. The van der Waals surface area contributed by atoms with Gasteiger partial charge in [-0.05, 0) is 50.7 Å². The lowest BCUT2D eigenvalue weighted by Gasteiger charge is -2.35. The Labute approximate surface area is 132 Å². The Bertz CT molecular complexity index is 544. The van der Waals surface area contributed by atoms with Gasteiger partial charge in [-0.1, -0.05) is 24.3 Å². The first-order chi connectivity index (χ1) is 10.5. The summed E-state index contributed by atoms with van der Waals surface area (Å²) in [6.45, 7) is 7.96. The summed E-state index contributed by atoms with van der Waals surface area (Å²) in [5.41, 5.74) is 2.05. The Morgan fingerprint density at radius 2 is 1.91 bits per heavy atom. The van der Waals surface area contributed by atoms with E-state index in [0.29, 0.717) is 12.5 Å². The van der Waals surface area contributed by atoms with Gasteiger partial charge in [0.05, 0.1) is 6.04 Å². The molecular formula is C18H25NO3. The van der Waals surface area contributed by atoms with Gasteiger partial charge in [-0.2, -0.15) is 0 Å². The Morgan fingerprint density at radius 1 is 1.23 bits per heavy atom. The minimum absolute atomic E-state index is 0.120. The Kier molecular flexibility index (Phi) is 4.13. The fraction of sp³-hybridized carbons (Fsp3) is 0.611. The monoisotopic (exact) mass is 303 g/mol. The van der Waals surface area contributed by atoms with Gasteiger partial charge >= 0.3 is 6.09 Å². The van der Waals surface area contributed by atoms with Crippen LogP contribution in [0.3, 0.4) is 0 Å². The van der Waals surface area contributed by atoms with Gasteiger partial charge in [0.25, 0.3) is 0 Å². The standard InChI is InChI=1S/C18H25NO3/c1-18(2,3)22-17(20)19-12-14-6-4-5-7-15(14)16(19)13-8-10-21-11-9-13/h4-7,13,16H,8-12H2,1-3H3. The van der Waals surface area contributed by atoms with Gasteiger partial charge in [0.2, 0.25) is 0 Å². The van der Waals surface area contributed by atoms with Crippen molar-refractivity contribution in [3.05, 3.63) is 35.4 Å². The minimum atomic E-state index is -0.466. The van der Waals surface area contributed by atoms with Crippen molar-refractivity contribution in [3.63, 3.8) is 0 Å². The van der Waals surface area contributed by atoms with Crippen LogP contribution in [0.1, 0.15) is 50.8 Å². The van der Waals surface area contributed by atoms with Crippen molar-refractivity contribution in [2.24, 2.45) is 5.92 Å². The Hall–Kier alpha value is -1.55. The SMILES string of the molecule is CC(C)(C)OC(=O)N1Cc2ccccc2C1C1CCOCC1. The number of carbonyl (C=O) groups is 1. The second-order valence-electron chi connectivity index (χ2n) is 7.20. The van der Waals surface area contributed by atoms with E-state index in [-0.39, 0.29) is 12.1 Å². The molecule has 3 rings (SSSR count). The zero-order valence-corrected chi connectivity index (χ0v) is 13.7. The van der Waals surface area contributed by atoms with Crippen molar-refractivity contribution < 1.29 is 14.3 Å². The third-order valence-electron chi connectivity index (χ3n) is 4.39. The van der Waals surface area contributed by atoms with E-state index >= 15 is 0 Å². The smallest absolute Gasteiger partial charge is 0.411 e. The van der Waals surface area contributed by atoms with E-state index < -0.39 is 5.60 Å². The molecule has 0 saturated carbocycles. The molecule has 0 N–H and O–H groups in total.